The third-order valence-corrected chi connectivity index (χ3v) is 4.05. The lowest BCUT2D eigenvalue weighted by Gasteiger charge is -2.28. The standard InChI is InChI=1S/C18H18N2O/c1-21-17-11-5-8-14(12-19)18(17)20-16-10-4-7-13-6-2-3-9-15(13)16/h2-3,5-6,8-9,11,16,20H,4,7,10H2,1H3. The molecule has 3 nitrogen and oxygen atoms in total. The highest BCUT2D eigenvalue weighted by atomic mass is 16.5. The molecule has 106 valence electrons. The van der Waals surface area contributed by atoms with Crippen LogP contribution in [0.3, 0.4) is 0 Å². The van der Waals surface area contributed by atoms with Crippen molar-refractivity contribution in [2.75, 3.05) is 12.4 Å². The molecule has 3 heteroatoms. The van der Waals surface area contributed by atoms with Crippen LogP contribution in [0, 0.1) is 11.3 Å². The molecule has 0 radical (unpaired) electrons. The number of nitriles is 1. The summed E-state index contributed by atoms with van der Waals surface area (Å²) in [5.74, 6) is 0.720. The largest absolute Gasteiger partial charge is 0.495 e. The molecule has 0 amide bonds. The van der Waals surface area contributed by atoms with Gasteiger partial charge in [0, 0.05) is 0 Å². The quantitative estimate of drug-likeness (QED) is 0.921. The van der Waals surface area contributed by atoms with Crippen molar-refractivity contribution in [2.24, 2.45) is 0 Å². The number of hydrogen-bond acceptors (Lipinski definition) is 3. The molecule has 0 bridgehead atoms. The molecule has 0 saturated carbocycles. The van der Waals surface area contributed by atoms with Crippen molar-refractivity contribution in [1.29, 1.82) is 5.26 Å². The number of methoxy groups -OCH3 is 1. The van der Waals surface area contributed by atoms with Gasteiger partial charge in [-0.05, 0) is 42.5 Å². The van der Waals surface area contributed by atoms with Gasteiger partial charge in [0.2, 0.25) is 0 Å². The van der Waals surface area contributed by atoms with Gasteiger partial charge in [-0.3, -0.25) is 0 Å². The van der Waals surface area contributed by atoms with Crippen molar-refractivity contribution >= 4 is 5.69 Å². The zero-order valence-corrected chi connectivity index (χ0v) is 12.1. The fourth-order valence-electron chi connectivity index (χ4n) is 3.02. The average Bonchev–Trinajstić information content (AvgIpc) is 2.55. The summed E-state index contributed by atoms with van der Waals surface area (Å²) < 4.78 is 5.40. The summed E-state index contributed by atoms with van der Waals surface area (Å²) in [6.45, 7) is 0. The van der Waals surface area contributed by atoms with E-state index in [4.69, 9.17) is 4.74 Å². The van der Waals surface area contributed by atoms with Crippen molar-refractivity contribution in [1.82, 2.24) is 0 Å². The van der Waals surface area contributed by atoms with Crippen LogP contribution in [0.2, 0.25) is 0 Å². The molecule has 0 saturated heterocycles. The number of anilines is 1. The minimum absolute atomic E-state index is 0.235. The highest BCUT2D eigenvalue weighted by Gasteiger charge is 2.21. The summed E-state index contributed by atoms with van der Waals surface area (Å²) in [7, 11) is 1.64. The molecule has 1 N–H and O–H groups in total. The van der Waals surface area contributed by atoms with Crippen LogP contribution in [-0.4, -0.2) is 7.11 Å². The first kappa shape index (κ1) is 13.5. The Kier molecular flexibility index (Phi) is 3.79. The number of aryl methyl sites for hydroxylation is 1. The van der Waals surface area contributed by atoms with Crippen LogP contribution >= 0.6 is 0 Å². The second kappa shape index (κ2) is 5.88. The van der Waals surface area contributed by atoms with Gasteiger partial charge in [0.1, 0.15) is 11.8 Å². The van der Waals surface area contributed by atoms with Crippen LogP contribution in [0.15, 0.2) is 42.5 Å². The Morgan fingerprint density at radius 2 is 2.05 bits per heavy atom. The Morgan fingerprint density at radius 1 is 1.19 bits per heavy atom. The van der Waals surface area contributed by atoms with Crippen LogP contribution in [-0.2, 0) is 6.42 Å². The summed E-state index contributed by atoms with van der Waals surface area (Å²) in [6.07, 6.45) is 3.36. The fraction of sp³-hybridized carbons (Fsp3) is 0.278. The van der Waals surface area contributed by atoms with Gasteiger partial charge in [-0.15, -0.1) is 0 Å². The molecule has 0 heterocycles. The summed E-state index contributed by atoms with van der Waals surface area (Å²) in [5, 5.41) is 12.8. The van der Waals surface area contributed by atoms with Gasteiger partial charge in [-0.25, -0.2) is 0 Å². The van der Waals surface area contributed by atoms with E-state index in [-0.39, 0.29) is 6.04 Å². The van der Waals surface area contributed by atoms with Gasteiger partial charge < -0.3 is 10.1 Å². The topological polar surface area (TPSA) is 45.0 Å². The first-order chi connectivity index (χ1) is 10.3. The monoisotopic (exact) mass is 278 g/mol. The molecule has 1 unspecified atom stereocenters. The molecule has 1 atom stereocenters. The van der Waals surface area contributed by atoms with Crippen molar-refractivity contribution in [3.8, 4) is 11.8 Å². The van der Waals surface area contributed by atoms with E-state index < -0.39 is 0 Å². The summed E-state index contributed by atoms with van der Waals surface area (Å²) in [6, 6.07) is 16.6. The van der Waals surface area contributed by atoms with Gasteiger partial charge in [0.05, 0.1) is 24.4 Å². The summed E-state index contributed by atoms with van der Waals surface area (Å²) in [4.78, 5) is 0. The van der Waals surface area contributed by atoms with E-state index in [0.29, 0.717) is 5.56 Å². The van der Waals surface area contributed by atoms with Crippen molar-refractivity contribution < 1.29 is 4.74 Å². The molecule has 2 aromatic rings. The second-order valence-corrected chi connectivity index (χ2v) is 5.28. The Labute approximate surface area is 125 Å². The number of fused-ring (bicyclic) bond motifs is 1. The lowest BCUT2D eigenvalue weighted by Crippen LogP contribution is -2.18. The smallest absolute Gasteiger partial charge is 0.143 e. The maximum absolute atomic E-state index is 9.32. The van der Waals surface area contributed by atoms with Crippen molar-refractivity contribution in [2.45, 2.75) is 25.3 Å². The van der Waals surface area contributed by atoms with E-state index in [1.54, 1.807) is 7.11 Å². The molecule has 0 spiro atoms. The highest BCUT2D eigenvalue weighted by molar-refractivity contribution is 5.67. The molecule has 21 heavy (non-hydrogen) atoms. The Balaban J connectivity index is 1.97. The Hall–Kier alpha value is -2.47. The van der Waals surface area contributed by atoms with Gasteiger partial charge in [-0.2, -0.15) is 5.26 Å². The lowest BCUT2D eigenvalue weighted by molar-refractivity contribution is 0.415. The van der Waals surface area contributed by atoms with E-state index in [2.05, 4.69) is 35.7 Å². The van der Waals surface area contributed by atoms with E-state index >= 15 is 0 Å². The summed E-state index contributed by atoms with van der Waals surface area (Å²) >= 11 is 0. The van der Waals surface area contributed by atoms with Crippen molar-refractivity contribution in [3.63, 3.8) is 0 Å². The normalized spacial score (nSPS) is 16.7. The Morgan fingerprint density at radius 3 is 2.86 bits per heavy atom. The predicted molar refractivity (Wildman–Crippen MR) is 83.5 cm³/mol. The number of nitrogens with one attached hydrogen (secondary N) is 1. The van der Waals surface area contributed by atoms with Crippen LogP contribution in [0.5, 0.6) is 5.75 Å². The highest BCUT2D eigenvalue weighted by Crippen LogP contribution is 2.36. The third kappa shape index (κ3) is 2.57. The molecule has 1 aliphatic rings. The average molecular weight is 278 g/mol. The summed E-state index contributed by atoms with van der Waals surface area (Å²) in [5.41, 5.74) is 4.15. The van der Waals surface area contributed by atoms with Crippen LogP contribution in [0.1, 0.15) is 35.6 Å². The number of hydrogen-bond donors (Lipinski definition) is 1. The van der Waals surface area contributed by atoms with E-state index in [0.717, 1.165) is 30.7 Å². The van der Waals surface area contributed by atoms with Gasteiger partial charge in [0.25, 0.3) is 0 Å². The van der Waals surface area contributed by atoms with E-state index in [1.165, 1.54) is 11.1 Å². The number of benzene rings is 2. The van der Waals surface area contributed by atoms with Gasteiger partial charge in [-0.1, -0.05) is 30.3 Å². The van der Waals surface area contributed by atoms with Gasteiger partial charge in [0.15, 0.2) is 0 Å². The Bertz CT molecular complexity index is 688. The van der Waals surface area contributed by atoms with Crippen LogP contribution in [0.25, 0.3) is 0 Å². The number of para-hydroxylation sites is 1. The zero-order chi connectivity index (χ0) is 14.7. The number of rotatable bonds is 3. The van der Waals surface area contributed by atoms with E-state index in [9.17, 15) is 5.26 Å². The minimum Gasteiger partial charge on any atom is -0.495 e. The van der Waals surface area contributed by atoms with Crippen LogP contribution in [0.4, 0.5) is 5.69 Å². The number of nitrogens with zero attached hydrogens (tertiary/aromatic N) is 1. The molecule has 0 aliphatic heterocycles. The predicted octanol–water partition coefficient (Wildman–Crippen LogP) is 4.06. The maximum atomic E-state index is 9.32. The fourth-order valence-corrected chi connectivity index (χ4v) is 3.02. The first-order valence-electron chi connectivity index (χ1n) is 7.25. The molecule has 0 aromatic heterocycles. The van der Waals surface area contributed by atoms with Crippen LogP contribution < -0.4 is 10.1 Å². The minimum atomic E-state index is 0.235. The molecule has 2 aromatic carbocycles. The maximum Gasteiger partial charge on any atom is 0.143 e. The van der Waals surface area contributed by atoms with Gasteiger partial charge >= 0.3 is 0 Å². The first-order valence-corrected chi connectivity index (χ1v) is 7.25. The SMILES string of the molecule is COc1cccc(C#N)c1NC1CCCc2ccccc21. The molecule has 3 rings (SSSR count). The second-order valence-electron chi connectivity index (χ2n) is 5.28. The van der Waals surface area contributed by atoms with E-state index in [1.807, 2.05) is 18.2 Å². The van der Waals surface area contributed by atoms with Crippen molar-refractivity contribution in [3.05, 3.63) is 59.2 Å². The zero-order valence-electron chi connectivity index (χ0n) is 12.1. The molecule has 0 fully saturated rings. The third-order valence-electron chi connectivity index (χ3n) is 4.05. The number of ether oxygens (including phenoxy) is 1. The molecule has 1 aliphatic carbocycles. The molecular weight excluding hydrogens is 260 g/mol. The molecular formula is C18H18N2O. The lowest BCUT2D eigenvalue weighted by atomic mass is 9.87.